The third kappa shape index (κ3) is 5.50. The van der Waals surface area contributed by atoms with E-state index in [0.717, 1.165) is 18.9 Å². The van der Waals surface area contributed by atoms with Crippen LogP contribution < -0.4 is 5.32 Å². The predicted octanol–water partition coefficient (Wildman–Crippen LogP) is 3.31. The fraction of sp³-hybridized carbons (Fsp3) is 0.667. The van der Waals surface area contributed by atoms with Gasteiger partial charge in [-0.05, 0) is 58.0 Å². The Balaban J connectivity index is 2.25. The smallest absolute Gasteiger partial charge is 0.126 e. The minimum atomic E-state index is 0.482. The minimum Gasteiger partial charge on any atom is -0.368 e. The summed E-state index contributed by atoms with van der Waals surface area (Å²) in [6.45, 7) is 12.2. The number of rotatable bonds is 8. The molecule has 0 radical (unpaired) electrons. The second-order valence-corrected chi connectivity index (χ2v) is 4.94. The van der Waals surface area contributed by atoms with Crippen molar-refractivity contribution < 1.29 is 0 Å². The molecule has 0 aliphatic heterocycles. The first-order chi connectivity index (χ1) is 8.65. The summed E-state index contributed by atoms with van der Waals surface area (Å²) in [4.78, 5) is 6.84. The van der Waals surface area contributed by atoms with Gasteiger partial charge < -0.3 is 10.2 Å². The van der Waals surface area contributed by atoms with Crippen molar-refractivity contribution in [1.29, 1.82) is 0 Å². The lowest BCUT2D eigenvalue weighted by molar-refractivity contribution is 0.295. The van der Waals surface area contributed by atoms with E-state index in [1.807, 2.05) is 6.20 Å². The fourth-order valence-electron chi connectivity index (χ4n) is 2.04. The summed E-state index contributed by atoms with van der Waals surface area (Å²) in [5, 5.41) is 3.45. The van der Waals surface area contributed by atoms with Crippen LogP contribution in [-0.4, -0.2) is 35.6 Å². The standard InChI is InChI=1S/C15H27N3/c1-5-18(6-2)11-7-8-14(4)17-15-10-9-13(3)12-16-15/h9-10,12,14H,5-8,11H2,1-4H3,(H,16,17). The van der Waals surface area contributed by atoms with Crippen LogP contribution in [0.15, 0.2) is 18.3 Å². The van der Waals surface area contributed by atoms with Gasteiger partial charge in [-0.1, -0.05) is 19.9 Å². The van der Waals surface area contributed by atoms with E-state index >= 15 is 0 Å². The molecule has 0 aromatic carbocycles. The predicted molar refractivity (Wildman–Crippen MR) is 79.1 cm³/mol. The van der Waals surface area contributed by atoms with E-state index < -0.39 is 0 Å². The highest BCUT2D eigenvalue weighted by molar-refractivity contribution is 5.35. The van der Waals surface area contributed by atoms with Crippen molar-refractivity contribution in [3.63, 3.8) is 0 Å². The van der Waals surface area contributed by atoms with E-state index in [4.69, 9.17) is 0 Å². The summed E-state index contributed by atoms with van der Waals surface area (Å²) in [5.74, 6) is 0.982. The van der Waals surface area contributed by atoms with E-state index in [-0.39, 0.29) is 0 Å². The number of pyridine rings is 1. The number of hydrogen-bond acceptors (Lipinski definition) is 3. The lowest BCUT2D eigenvalue weighted by Gasteiger charge is -2.20. The van der Waals surface area contributed by atoms with Gasteiger partial charge in [0.1, 0.15) is 5.82 Å². The summed E-state index contributed by atoms with van der Waals surface area (Å²) < 4.78 is 0. The first-order valence-electron chi connectivity index (χ1n) is 7.07. The maximum absolute atomic E-state index is 4.37. The van der Waals surface area contributed by atoms with E-state index in [1.54, 1.807) is 0 Å². The van der Waals surface area contributed by atoms with Crippen LogP contribution >= 0.6 is 0 Å². The van der Waals surface area contributed by atoms with Crippen molar-refractivity contribution in [3.05, 3.63) is 23.9 Å². The molecule has 1 rings (SSSR count). The van der Waals surface area contributed by atoms with E-state index in [2.05, 4.69) is 55.0 Å². The number of aromatic nitrogens is 1. The van der Waals surface area contributed by atoms with E-state index in [9.17, 15) is 0 Å². The number of nitrogens with zero attached hydrogens (tertiary/aromatic N) is 2. The SMILES string of the molecule is CCN(CC)CCCC(C)Nc1ccc(C)cn1. The summed E-state index contributed by atoms with van der Waals surface area (Å²) in [6.07, 6.45) is 4.33. The van der Waals surface area contributed by atoms with Crippen LogP contribution in [0.2, 0.25) is 0 Å². The molecule has 0 aliphatic rings. The quantitative estimate of drug-likeness (QED) is 0.766. The molecule has 102 valence electrons. The van der Waals surface area contributed by atoms with Gasteiger partial charge in [-0.3, -0.25) is 0 Å². The zero-order valence-corrected chi connectivity index (χ0v) is 12.2. The Bertz CT molecular complexity index is 317. The lowest BCUT2D eigenvalue weighted by atomic mass is 10.1. The summed E-state index contributed by atoms with van der Waals surface area (Å²) in [6, 6.07) is 4.63. The van der Waals surface area contributed by atoms with Gasteiger partial charge >= 0.3 is 0 Å². The minimum absolute atomic E-state index is 0.482. The molecule has 1 N–H and O–H groups in total. The maximum atomic E-state index is 4.37. The van der Waals surface area contributed by atoms with Crippen LogP contribution in [0, 0.1) is 6.92 Å². The van der Waals surface area contributed by atoms with Crippen LogP contribution in [-0.2, 0) is 0 Å². The average molecular weight is 249 g/mol. The van der Waals surface area contributed by atoms with Gasteiger partial charge in [-0.15, -0.1) is 0 Å². The van der Waals surface area contributed by atoms with Crippen LogP contribution in [0.25, 0.3) is 0 Å². The lowest BCUT2D eigenvalue weighted by Crippen LogP contribution is -2.25. The Hall–Kier alpha value is -1.09. The molecule has 1 atom stereocenters. The highest BCUT2D eigenvalue weighted by Gasteiger charge is 2.04. The maximum Gasteiger partial charge on any atom is 0.126 e. The molecule has 18 heavy (non-hydrogen) atoms. The largest absolute Gasteiger partial charge is 0.368 e. The molecule has 0 bridgehead atoms. The van der Waals surface area contributed by atoms with Gasteiger partial charge in [0.25, 0.3) is 0 Å². The fourth-order valence-corrected chi connectivity index (χ4v) is 2.04. The molecular formula is C15H27N3. The Morgan fingerprint density at radius 2 is 2.00 bits per heavy atom. The van der Waals surface area contributed by atoms with Crippen molar-refractivity contribution in [1.82, 2.24) is 9.88 Å². The van der Waals surface area contributed by atoms with Gasteiger partial charge in [0, 0.05) is 12.2 Å². The van der Waals surface area contributed by atoms with Crippen molar-refractivity contribution >= 4 is 5.82 Å². The Kier molecular flexibility index (Phi) is 6.73. The molecule has 0 aliphatic carbocycles. The van der Waals surface area contributed by atoms with Crippen molar-refractivity contribution in [2.75, 3.05) is 25.0 Å². The average Bonchev–Trinajstić information content (AvgIpc) is 2.37. The van der Waals surface area contributed by atoms with Crippen LogP contribution in [0.3, 0.4) is 0 Å². The molecule has 0 amide bonds. The van der Waals surface area contributed by atoms with Gasteiger partial charge in [-0.2, -0.15) is 0 Å². The summed E-state index contributed by atoms with van der Waals surface area (Å²) in [7, 11) is 0. The molecule has 1 aromatic heterocycles. The number of aryl methyl sites for hydroxylation is 1. The van der Waals surface area contributed by atoms with E-state index in [0.29, 0.717) is 6.04 Å². The molecule has 3 nitrogen and oxygen atoms in total. The first kappa shape index (κ1) is 15.0. The zero-order chi connectivity index (χ0) is 13.4. The van der Waals surface area contributed by atoms with Gasteiger partial charge in [0.05, 0.1) is 0 Å². The third-order valence-corrected chi connectivity index (χ3v) is 3.31. The first-order valence-corrected chi connectivity index (χ1v) is 7.07. The molecule has 1 unspecified atom stereocenters. The normalized spacial score (nSPS) is 12.7. The molecule has 1 heterocycles. The molecule has 0 saturated carbocycles. The van der Waals surface area contributed by atoms with Crippen LogP contribution in [0.4, 0.5) is 5.82 Å². The number of hydrogen-bond donors (Lipinski definition) is 1. The molecule has 3 heteroatoms. The molecular weight excluding hydrogens is 222 g/mol. The molecule has 1 aromatic rings. The van der Waals surface area contributed by atoms with Crippen molar-refractivity contribution in [3.8, 4) is 0 Å². The summed E-state index contributed by atoms with van der Waals surface area (Å²) in [5.41, 5.74) is 1.20. The van der Waals surface area contributed by atoms with Gasteiger partial charge in [0.15, 0.2) is 0 Å². The number of anilines is 1. The Morgan fingerprint density at radius 1 is 1.28 bits per heavy atom. The van der Waals surface area contributed by atoms with Gasteiger partial charge in [-0.25, -0.2) is 4.98 Å². The second kappa shape index (κ2) is 8.09. The number of nitrogens with one attached hydrogen (secondary N) is 1. The second-order valence-electron chi connectivity index (χ2n) is 4.94. The van der Waals surface area contributed by atoms with Crippen LogP contribution in [0.1, 0.15) is 39.2 Å². The van der Waals surface area contributed by atoms with Gasteiger partial charge in [0.2, 0.25) is 0 Å². The highest BCUT2D eigenvalue weighted by Crippen LogP contribution is 2.08. The zero-order valence-electron chi connectivity index (χ0n) is 12.2. The monoisotopic (exact) mass is 249 g/mol. The molecule has 0 spiro atoms. The third-order valence-electron chi connectivity index (χ3n) is 3.31. The van der Waals surface area contributed by atoms with Crippen molar-refractivity contribution in [2.45, 2.75) is 46.6 Å². The molecule has 0 saturated heterocycles. The van der Waals surface area contributed by atoms with Crippen LogP contribution in [0.5, 0.6) is 0 Å². The highest BCUT2D eigenvalue weighted by atomic mass is 15.1. The Labute approximate surface area is 112 Å². The molecule has 0 fully saturated rings. The Morgan fingerprint density at radius 3 is 2.56 bits per heavy atom. The summed E-state index contributed by atoms with van der Waals surface area (Å²) >= 11 is 0. The topological polar surface area (TPSA) is 28.2 Å². The van der Waals surface area contributed by atoms with Crippen molar-refractivity contribution in [2.24, 2.45) is 0 Å². The van der Waals surface area contributed by atoms with E-state index in [1.165, 1.54) is 24.9 Å².